The zero-order chi connectivity index (χ0) is 11.4. The van der Waals surface area contributed by atoms with Gasteiger partial charge in [-0.25, -0.2) is 0 Å². The molecule has 2 N–H and O–H groups in total. The Morgan fingerprint density at radius 2 is 2.25 bits per heavy atom. The molecular weight excluding hydrogens is 202 g/mol. The van der Waals surface area contributed by atoms with Crippen LogP contribution in [0, 0.1) is 11.8 Å². The molecule has 0 aliphatic heterocycles. The molecule has 0 fully saturated rings. The molecule has 0 bridgehead atoms. The van der Waals surface area contributed by atoms with Crippen LogP contribution in [0.25, 0.3) is 11.0 Å². The molecule has 0 saturated heterocycles. The quantitative estimate of drug-likeness (QED) is 0.799. The monoisotopic (exact) mass is 215 g/mol. The fourth-order valence-electron chi connectivity index (χ4n) is 1.45. The van der Waals surface area contributed by atoms with E-state index >= 15 is 0 Å². The van der Waals surface area contributed by atoms with Gasteiger partial charge < -0.3 is 14.9 Å². The van der Waals surface area contributed by atoms with Crippen molar-refractivity contribution in [3.05, 3.63) is 30.0 Å². The fourth-order valence-corrected chi connectivity index (χ4v) is 1.45. The fraction of sp³-hybridized carbons (Fsp3) is 0.231. The topological polar surface area (TPSA) is 48.4 Å². The van der Waals surface area contributed by atoms with E-state index in [0.717, 1.165) is 22.5 Å². The van der Waals surface area contributed by atoms with Crippen LogP contribution in [-0.4, -0.2) is 6.61 Å². The molecular formula is C13H13NO2. The highest BCUT2D eigenvalue weighted by Gasteiger charge is 2.03. The summed E-state index contributed by atoms with van der Waals surface area (Å²) in [7, 11) is 0. The number of hydrogen-bond acceptors (Lipinski definition) is 3. The second-order valence-electron chi connectivity index (χ2n) is 3.33. The summed E-state index contributed by atoms with van der Waals surface area (Å²) in [4.78, 5) is 0. The molecule has 0 spiro atoms. The molecule has 3 heteroatoms. The van der Waals surface area contributed by atoms with Crippen LogP contribution in [-0.2, 0) is 6.54 Å². The van der Waals surface area contributed by atoms with Gasteiger partial charge in [-0.2, -0.15) is 0 Å². The Morgan fingerprint density at radius 3 is 3.00 bits per heavy atom. The van der Waals surface area contributed by atoms with Crippen LogP contribution in [0.15, 0.2) is 28.7 Å². The lowest BCUT2D eigenvalue weighted by atomic mass is 10.2. The molecule has 0 radical (unpaired) electrons. The lowest BCUT2D eigenvalue weighted by Gasteiger charge is -2.00. The summed E-state index contributed by atoms with van der Waals surface area (Å²) in [6.07, 6.45) is 0. The van der Waals surface area contributed by atoms with Crippen molar-refractivity contribution in [1.29, 1.82) is 0 Å². The van der Waals surface area contributed by atoms with Crippen LogP contribution in [0.1, 0.15) is 12.7 Å². The van der Waals surface area contributed by atoms with E-state index < -0.39 is 0 Å². The maximum Gasteiger partial charge on any atom is 0.149 e. The number of rotatable bonds is 3. The smallest absolute Gasteiger partial charge is 0.149 e. The molecule has 0 unspecified atom stereocenters. The Balaban J connectivity index is 2.24. The minimum absolute atomic E-state index is 0.395. The van der Waals surface area contributed by atoms with Gasteiger partial charge >= 0.3 is 0 Å². The molecule has 16 heavy (non-hydrogen) atoms. The van der Waals surface area contributed by atoms with Crippen molar-refractivity contribution in [2.24, 2.45) is 5.73 Å². The second-order valence-corrected chi connectivity index (χ2v) is 3.33. The predicted octanol–water partition coefficient (Wildman–Crippen LogP) is 2.29. The van der Waals surface area contributed by atoms with Gasteiger partial charge in [-0.05, 0) is 25.1 Å². The standard InChI is InChI=1S/C13H13NO2/c1-2-3-6-15-11-5-4-10-7-12(9-14)16-13(10)8-11/h4-5,7-8H,6,9,14H2,1H3. The minimum atomic E-state index is 0.395. The third kappa shape index (κ3) is 2.18. The number of benzene rings is 1. The third-order valence-corrected chi connectivity index (χ3v) is 2.23. The van der Waals surface area contributed by atoms with Crippen LogP contribution >= 0.6 is 0 Å². The molecule has 82 valence electrons. The van der Waals surface area contributed by atoms with Crippen LogP contribution in [0.4, 0.5) is 0 Å². The van der Waals surface area contributed by atoms with Gasteiger partial charge in [0.05, 0.1) is 6.54 Å². The Labute approximate surface area is 94.2 Å². The summed E-state index contributed by atoms with van der Waals surface area (Å²) >= 11 is 0. The van der Waals surface area contributed by atoms with Gasteiger partial charge in [0.25, 0.3) is 0 Å². The second kappa shape index (κ2) is 4.73. The lowest BCUT2D eigenvalue weighted by Crippen LogP contribution is -1.92. The lowest BCUT2D eigenvalue weighted by molar-refractivity contribution is 0.370. The molecule has 0 atom stereocenters. The summed E-state index contributed by atoms with van der Waals surface area (Å²) in [5, 5.41) is 1.04. The van der Waals surface area contributed by atoms with Crippen molar-refractivity contribution in [1.82, 2.24) is 0 Å². The van der Waals surface area contributed by atoms with Crippen LogP contribution in [0.2, 0.25) is 0 Å². The molecule has 2 rings (SSSR count). The van der Waals surface area contributed by atoms with Crippen molar-refractivity contribution in [2.75, 3.05) is 6.61 Å². The molecule has 0 saturated carbocycles. The van der Waals surface area contributed by atoms with Crippen molar-refractivity contribution in [3.63, 3.8) is 0 Å². The highest BCUT2D eigenvalue weighted by atomic mass is 16.5. The highest BCUT2D eigenvalue weighted by molar-refractivity contribution is 5.79. The molecule has 2 aromatic rings. The Morgan fingerprint density at radius 1 is 1.38 bits per heavy atom. The van der Waals surface area contributed by atoms with Crippen molar-refractivity contribution >= 4 is 11.0 Å². The van der Waals surface area contributed by atoms with Crippen molar-refractivity contribution in [3.8, 4) is 17.6 Å². The van der Waals surface area contributed by atoms with E-state index in [2.05, 4.69) is 11.8 Å². The maximum atomic E-state index is 5.52. The number of furan rings is 1. The molecule has 1 aromatic carbocycles. The van der Waals surface area contributed by atoms with E-state index in [0.29, 0.717) is 13.2 Å². The zero-order valence-corrected chi connectivity index (χ0v) is 9.12. The first-order valence-corrected chi connectivity index (χ1v) is 5.08. The molecule has 1 heterocycles. The van der Waals surface area contributed by atoms with Crippen LogP contribution in [0.3, 0.4) is 0 Å². The third-order valence-electron chi connectivity index (χ3n) is 2.23. The van der Waals surface area contributed by atoms with Gasteiger partial charge in [0.2, 0.25) is 0 Å². The normalized spacial score (nSPS) is 9.88. The van der Waals surface area contributed by atoms with E-state index in [9.17, 15) is 0 Å². The summed E-state index contributed by atoms with van der Waals surface area (Å²) in [6.45, 7) is 2.59. The first-order chi connectivity index (χ1) is 7.83. The number of ether oxygens (including phenoxy) is 1. The van der Waals surface area contributed by atoms with E-state index in [1.54, 1.807) is 6.92 Å². The number of hydrogen-bond donors (Lipinski definition) is 1. The van der Waals surface area contributed by atoms with Gasteiger partial charge in [-0.1, -0.05) is 5.92 Å². The molecule has 0 amide bonds. The van der Waals surface area contributed by atoms with Gasteiger partial charge in [0.1, 0.15) is 23.7 Å². The molecule has 3 nitrogen and oxygen atoms in total. The van der Waals surface area contributed by atoms with E-state index in [4.69, 9.17) is 14.9 Å². The summed E-state index contributed by atoms with van der Waals surface area (Å²) in [6, 6.07) is 7.64. The Bertz CT molecular complexity index is 546. The highest BCUT2D eigenvalue weighted by Crippen LogP contribution is 2.24. The summed E-state index contributed by atoms with van der Waals surface area (Å²) in [5.41, 5.74) is 6.30. The predicted molar refractivity (Wildman–Crippen MR) is 63.1 cm³/mol. The first-order valence-electron chi connectivity index (χ1n) is 5.08. The van der Waals surface area contributed by atoms with Crippen molar-refractivity contribution in [2.45, 2.75) is 13.5 Å². The zero-order valence-electron chi connectivity index (χ0n) is 9.12. The summed E-state index contributed by atoms with van der Waals surface area (Å²) in [5.74, 6) is 7.15. The van der Waals surface area contributed by atoms with E-state index in [1.165, 1.54) is 0 Å². The number of nitrogens with two attached hydrogens (primary N) is 1. The average Bonchev–Trinajstić information content (AvgIpc) is 2.71. The Hall–Kier alpha value is -1.92. The largest absolute Gasteiger partial charge is 0.481 e. The molecule has 0 aliphatic carbocycles. The SMILES string of the molecule is CC#CCOc1ccc2cc(CN)oc2c1. The first kappa shape index (κ1) is 10.6. The van der Waals surface area contributed by atoms with Gasteiger partial charge in [0.15, 0.2) is 0 Å². The minimum Gasteiger partial charge on any atom is -0.481 e. The Kier molecular flexibility index (Phi) is 3.13. The van der Waals surface area contributed by atoms with Gasteiger partial charge in [-0.15, -0.1) is 5.92 Å². The molecule has 1 aromatic heterocycles. The van der Waals surface area contributed by atoms with Crippen LogP contribution < -0.4 is 10.5 Å². The van der Waals surface area contributed by atoms with Crippen molar-refractivity contribution < 1.29 is 9.15 Å². The van der Waals surface area contributed by atoms with Crippen LogP contribution in [0.5, 0.6) is 5.75 Å². The van der Waals surface area contributed by atoms with Gasteiger partial charge in [-0.3, -0.25) is 0 Å². The average molecular weight is 215 g/mol. The van der Waals surface area contributed by atoms with E-state index in [-0.39, 0.29) is 0 Å². The maximum absolute atomic E-state index is 5.52. The summed E-state index contributed by atoms with van der Waals surface area (Å²) < 4.78 is 11.0. The molecule has 0 aliphatic rings. The van der Waals surface area contributed by atoms with Gasteiger partial charge in [0, 0.05) is 11.5 Å². The number of fused-ring (bicyclic) bond motifs is 1. The van der Waals surface area contributed by atoms with E-state index in [1.807, 2.05) is 24.3 Å².